The van der Waals surface area contributed by atoms with Crippen LogP contribution in [0.3, 0.4) is 0 Å². The van der Waals surface area contributed by atoms with Crippen LogP contribution in [0, 0.1) is 0 Å². The summed E-state index contributed by atoms with van der Waals surface area (Å²) in [5, 5.41) is 2.64. The minimum Gasteiger partial charge on any atom is -0.497 e. The summed E-state index contributed by atoms with van der Waals surface area (Å²) >= 11 is 0. The van der Waals surface area contributed by atoms with Crippen LogP contribution in [-0.2, 0) is 4.79 Å². The van der Waals surface area contributed by atoms with E-state index in [1.807, 2.05) is 0 Å². The average Bonchev–Trinajstić information content (AvgIpc) is 2.60. The van der Waals surface area contributed by atoms with Crippen LogP contribution in [0.1, 0.15) is 27.6 Å². The highest BCUT2D eigenvalue weighted by Gasteiger charge is 2.09. The molecule has 0 aromatic heterocycles. The Bertz CT molecular complexity index is 770. The molecule has 6 nitrogen and oxygen atoms in total. The first-order valence-corrected chi connectivity index (χ1v) is 7.20. The molecule has 1 N–H and O–H groups in total. The number of anilines is 1. The number of carbonyl (C=O) groups is 3. The van der Waals surface area contributed by atoms with Crippen LogP contribution in [0.5, 0.6) is 11.5 Å². The van der Waals surface area contributed by atoms with Crippen LogP contribution in [0.15, 0.2) is 42.5 Å². The Kier molecular flexibility index (Phi) is 5.68. The normalized spacial score (nSPS) is 9.92. The predicted molar refractivity (Wildman–Crippen MR) is 89.0 cm³/mol. The molecule has 0 aliphatic rings. The number of Topliss-reactive ketones (excluding diaryl/α,β-unsaturated/α-hetero) is 1. The second-order valence-corrected chi connectivity index (χ2v) is 5.00. The van der Waals surface area contributed by atoms with Gasteiger partial charge in [-0.05, 0) is 37.3 Å². The second kappa shape index (κ2) is 7.92. The number of amides is 1. The number of ether oxygens (including phenoxy) is 2. The molecule has 24 heavy (non-hydrogen) atoms. The van der Waals surface area contributed by atoms with Crippen molar-refractivity contribution >= 4 is 23.7 Å². The summed E-state index contributed by atoms with van der Waals surface area (Å²) in [4.78, 5) is 34.4. The molecule has 2 aromatic carbocycles. The second-order valence-electron chi connectivity index (χ2n) is 5.00. The van der Waals surface area contributed by atoms with Crippen LogP contribution in [-0.4, -0.2) is 31.7 Å². The van der Waals surface area contributed by atoms with Gasteiger partial charge in [-0.15, -0.1) is 0 Å². The highest BCUT2D eigenvalue weighted by atomic mass is 16.5. The van der Waals surface area contributed by atoms with Gasteiger partial charge in [0.1, 0.15) is 11.5 Å². The molecule has 0 unspecified atom stereocenters. The van der Waals surface area contributed by atoms with Crippen molar-refractivity contribution in [3.63, 3.8) is 0 Å². The van der Waals surface area contributed by atoms with Crippen molar-refractivity contribution in [3.8, 4) is 11.5 Å². The van der Waals surface area contributed by atoms with E-state index in [4.69, 9.17) is 9.47 Å². The number of hydrogen-bond acceptors (Lipinski definition) is 5. The van der Waals surface area contributed by atoms with E-state index in [0.29, 0.717) is 34.6 Å². The van der Waals surface area contributed by atoms with Crippen molar-refractivity contribution in [3.05, 3.63) is 53.6 Å². The number of hydrogen-bond donors (Lipinski definition) is 1. The molecule has 0 aliphatic carbocycles. The fourth-order valence-corrected chi connectivity index (χ4v) is 2.03. The molecule has 0 fully saturated rings. The zero-order chi connectivity index (χ0) is 17.5. The average molecular weight is 327 g/mol. The maximum Gasteiger partial charge on any atom is 0.262 e. The van der Waals surface area contributed by atoms with Crippen LogP contribution < -0.4 is 14.8 Å². The molecule has 0 saturated heterocycles. The molecule has 6 heteroatoms. The maximum atomic E-state index is 12.0. The van der Waals surface area contributed by atoms with E-state index < -0.39 is 5.91 Å². The molecule has 0 spiro atoms. The van der Waals surface area contributed by atoms with Crippen LogP contribution in [0.4, 0.5) is 5.69 Å². The summed E-state index contributed by atoms with van der Waals surface area (Å²) in [7, 11) is 1.49. The number of methoxy groups -OCH3 is 1. The molecule has 0 radical (unpaired) electrons. The molecule has 124 valence electrons. The third-order valence-corrected chi connectivity index (χ3v) is 3.26. The number of benzene rings is 2. The van der Waals surface area contributed by atoms with E-state index in [2.05, 4.69) is 5.32 Å². The molecule has 0 bridgehead atoms. The van der Waals surface area contributed by atoms with Gasteiger partial charge in [-0.2, -0.15) is 0 Å². The van der Waals surface area contributed by atoms with Crippen molar-refractivity contribution < 1.29 is 23.9 Å². The van der Waals surface area contributed by atoms with Gasteiger partial charge in [0, 0.05) is 11.3 Å². The largest absolute Gasteiger partial charge is 0.497 e. The zero-order valence-electron chi connectivity index (χ0n) is 13.4. The lowest BCUT2D eigenvalue weighted by Gasteiger charge is -2.10. The monoisotopic (exact) mass is 327 g/mol. The molecule has 0 saturated carbocycles. The van der Waals surface area contributed by atoms with E-state index in [1.54, 1.807) is 36.4 Å². The summed E-state index contributed by atoms with van der Waals surface area (Å²) in [5.74, 6) is 0.327. The van der Waals surface area contributed by atoms with Gasteiger partial charge in [0.15, 0.2) is 18.7 Å². The third-order valence-electron chi connectivity index (χ3n) is 3.26. The number of ketones is 1. The topological polar surface area (TPSA) is 81.7 Å². The number of carbonyl (C=O) groups excluding carboxylic acids is 3. The van der Waals surface area contributed by atoms with E-state index in [9.17, 15) is 14.4 Å². The molecular formula is C18H17NO5. The van der Waals surface area contributed by atoms with Gasteiger partial charge in [0.2, 0.25) is 0 Å². The Labute approximate surface area is 139 Å². The van der Waals surface area contributed by atoms with Crippen LogP contribution in [0.2, 0.25) is 0 Å². The van der Waals surface area contributed by atoms with Crippen molar-refractivity contribution in [2.24, 2.45) is 0 Å². The first-order valence-electron chi connectivity index (χ1n) is 7.20. The standard InChI is InChI=1S/C18H17NO5/c1-12(21)13-4-3-5-15(8-13)19-18(22)11-24-17-7-6-16(23-2)9-14(17)10-20/h3-10H,11H2,1-2H3,(H,19,22). The number of nitrogens with one attached hydrogen (secondary N) is 1. The number of rotatable bonds is 7. The first kappa shape index (κ1) is 17.2. The smallest absolute Gasteiger partial charge is 0.262 e. The highest BCUT2D eigenvalue weighted by Crippen LogP contribution is 2.22. The summed E-state index contributed by atoms with van der Waals surface area (Å²) in [6.45, 7) is 1.19. The Balaban J connectivity index is 2.00. The van der Waals surface area contributed by atoms with Gasteiger partial charge in [-0.3, -0.25) is 14.4 Å². The minimum atomic E-state index is -0.400. The van der Waals surface area contributed by atoms with Gasteiger partial charge >= 0.3 is 0 Å². The van der Waals surface area contributed by atoms with Gasteiger partial charge in [-0.1, -0.05) is 12.1 Å². The molecule has 0 aliphatic heterocycles. The Hall–Kier alpha value is -3.15. The summed E-state index contributed by atoms with van der Waals surface area (Å²) < 4.78 is 10.4. The lowest BCUT2D eigenvalue weighted by molar-refractivity contribution is -0.118. The van der Waals surface area contributed by atoms with Crippen molar-refractivity contribution in [2.45, 2.75) is 6.92 Å². The molecule has 0 atom stereocenters. The Morgan fingerprint density at radius 3 is 2.62 bits per heavy atom. The summed E-state index contributed by atoms with van der Waals surface area (Å²) in [6.07, 6.45) is 0.631. The fraction of sp³-hybridized carbons (Fsp3) is 0.167. The van der Waals surface area contributed by atoms with Crippen molar-refractivity contribution in [1.29, 1.82) is 0 Å². The van der Waals surface area contributed by atoms with E-state index in [1.165, 1.54) is 20.1 Å². The summed E-state index contributed by atoms with van der Waals surface area (Å²) in [6, 6.07) is 11.3. The Morgan fingerprint density at radius 2 is 1.96 bits per heavy atom. The predicted octanol–water partition coefficient (Wildman–Crippen LogP) is 2.73. The Morgan fingerprint density at radius 1 is 1.17 bits per heavy atom. The van der Waals surface area contributed by atoms with Crippen LogP contribution >= 0.6 is 0 Å². The lowest BCUT2D eigenvalue weighted by atomic mass is 10.1. The molecular weight excluding hydrogens is 310 g/mol. The van der Waals surface area contributed by atoms with E-state index in [-0.39, 0.29) is 12.4 Å². The quantitative estimate of drug-likeness (QED) is 0.624. The van der Waals surface area contributed by atoms with E-state index >= 15 is 0 Å². The lowest BCUT2D eigenvalue weighted by Crippen LogP contribution is -2.20. The molecule has 2 rings (SSSR count). The molecule has 1 amide bonds. The molecule has 0 heterocycles. The molecule has 2 aromatic rings. The zero-order valence-corrected chi connectivity index (χ0v) is 13.4. The van der Waals surface area contributed by atoms with Gasteiger partial charge in [0.05, 0.1) is 12.7 Å². The van der Waals surface area contributed by atoms with E-state index in [0.717, 1.165) is 0 Å². The van der Waals surface area contributed by atoms with Gasteiger partial charge in [0.25, 0.3) is 5.91 Å². The minimum absolute atomic E-state index is 0.0868. The SMILES string of the molecule is COc1ccc(OCC(=O)Nc2cccc(C(C)=O)c2)c(C=O)c1. The number of aldehydes is 1. The maximum absolute atomic E-state index is 12.0. The highest BCUT2D eigenvalue weighted by molar-refractivity contribution is 5.97. The first-order chi connectivity index (χ1) is 11.5. The van der Waals surface area contributed by atoms with Crippen molar-refractivity contribution in [1.82, 2.24) is 0 Å². The van der Waals surface area contributed by atoms with Gasteiger partial charge in [-0.25, -0.2) is 0 Å². The fourth-order valence-electron chi connectivity index (χ4n) is 2.03. The third kappa shape index (κ3) is 4.42. The van der Waals surface area contributed by atoms with Crippen LogP contribution in [0.25, 0.3) is 0 Å². The summed E-state index contributed by atoms with van der Waals surface area (Å²) in [5.41, 5.74) is 1.30. The van der Waals surface area contributed by atoms with Gasteiger partial charge < -0.3 is 14.8 Å². The van der Waals surface area contributed by atoms with Crippen molar-refractivity contribution in [2.75, 3.05) is 19.0 Å².